The van der Waals surface area contributed by atoms with Crippen LogP contribution in [-0.4, -0.2) is 22.7 Å². The molecule has 0 saturated heterocycles. The zero-order chi connectivity index (χ0) is 17.2. The van der Waals surface area contributed by atoms with Crippen molar-refractivity contribution in [3.63, 3.8) is 0 Å². The molecule has 1 aromatic carbocycles. The third kappa shape index (κ3) is 2.97. The first-order valence-electron chi connectivity index (χ1n) is 9.12. The summed E-state index contributed by atoms with van der Waals surface area (Å²) in [7, 11) is 0. The fourth-order valence-electron chi connectivity index (χ4n) is 4.18. The number of amides is 1. The topological polar surface area (TPSA) is 50.3 Å². The molecular formula is C21H22N2O2. The molecule has 2 aliphatic rings. The Hall–Kier alpha value is -2.49. The van der Waals surface area contributed by atoms with Gasteiger partial charge in [0.15, 0.2) is 5.78 Å². The lowest BCUT2D eigenvalue weighted by atomic mass is 9.81. The van der Waals surface area contributed by atoms with Gasteiger partial charge in [0.25, 0.3) is 0 Å². The molecule has 2 aliphatic carbocycles. The number of nitrogens with zero attached hydrogens (tertiary/aromatic N) is 2. The van der Waals surface area contributed by atoms with E-state index in [1.54, 1.807) is 6.20 Å². The van der Waals surface area contributed by atoms with Crippen LogP contribution < -0.4 is 4.90 Å². The van der Waals surface area contributed by atoms with E-state index in [1.165, 1.54) is 0 Å². The Kier molecular flexibility index (Phi) is 4.35. The zero-order valence-electron chi connectivity index (χ0n) is 14.2. The summed E-state index contributed by atoms with van der Waals surface area (Å²) in [6.45, 7) is 0. The van der Waals surface area contributed by atoms with Crippen molar-refractivity contribution in [2.75, 3.05) is 4.90 Å². The van der Waals surface area contributed by atoms with Crippen molar-refractivity contribution in [3.05, 3.63) is 59.8 Å². The van der Waals surface area contributed by atoms with Crippen molar-refractivity contribution in [3.8, 4) is 0 Å². The van der Waals surface area contributed by atoms with E-state index in [0.29, 0.717) is 18.4 Å². The lowest BCUT2D eigenvalue weighted by molar-refractivity contribution is -0.120. The smallest absolute Gasteiger partial charge is 0.235 e. The molecule has 25 heavy (non-hydrogen) atoms. The molecule has 4 nitrogen and oxygen atoms in total. The van der Waals surface area contributed by atoms with Gasteiger partial charge in [-0.15, -0.1) is 0 Å². The molecule has 4 rings (SSSR count). The Labute approximate surface area is 147 Å². The van der Waals surface area contributed by atoms with Crippen LogP contribution in [0, 0.1) is 0 Å². The second-order valence-corrected chi connectivity index (χ2v) is 6.94. The Morgan fingerprint density at radius 1 is 1.00 bits per heavy atom. The van der Waals surface area contributed by atoms with Gasteiger partial charge in [-0.25, -0.2) is 4.98 Å². The molecule has 1 fully saturated rings. The highest BCUT2D eigenvalue weighted by atomic mass is 16.2. The summed E-state index contributed by atoms with van der Waals surface area (Å²) in [5, 5.41) is 0. The molecular weight excluding hydrogens is 312 g/mol. The highest BCUT2D eigenvalue weighted by Gasteiger charge is 2.37. The highest BCUT2D eigenvalue weighted by Crippen LogP contribution is 2.36. The molecule has 0 bridgehead atoms. The van der Waals surface area contributed by atoms with Gasteiger partial charge in [-0.2, -0.15) is 0 Å². The van der Waals surface area contributed by atoms with Crippen LogP contribution in [0.1, 0.15) is 60.4 Å². The molecule has 0 spiro atoms. The molecule has 128 valence electrons. The Balaban J connectivity index is 1.72. The Morgan fingerprint density at radius 3 is 2.52 bits per heavy atom. The number of fused-ring (bicyclic) bond motifs is 1. The Morgan fingerprint density at radius 2 is 1.76 bits per heavy atom. The maximum absolute atomic E-state index is 13.5. The van der Waals surface area contributed by atoms with Crippen LogP contribution in [0.2, 0.25) is 0 Å². The summed E-state index contributed by atoms with van der Waals surface area (Å²) in [6.07, 6.45) is 7.12. The molecule has 1 aromatic heterocycles. The third-order valence-electron chi connectivity index (χ3n) is 5.42. The van der Waals surface area contributed by atoms with Gasteiger partial charge in [0.05, 0.1) is 5.92 Å². The number of anilines is 1. The van der Waals surface area contributed by atoms with Gasteiger partial charge < -0.3 is 0 Å². The lowest BCUT2D eigenvalue weighted by Gasteiger charge is -2.33. The molecule has 2 aromatic rings. The molecule has 0 N–H and O–H groups in total. The first-order chi connectivity index (χ1) is 12.3. The van der Waals surface area contributed by atoms with E-state index in [4.69, 9.17) is 0 Å². The first-order valence-corrected chi connectivity index (χ1v) is 9.12. The van der Waals surface area contributed by atoms with E-state index in [2.05, 4.69) is 4.98 Å². The van der Waals surface area contributed by atoms with Crippen LogP contribution in [0.25, 0.3) is 0 Å². The van der Waals surface area contributed by atoms with E-state index in [0.717, 1.165) is 37.1 Å². The summed E-state index contributed by atoms with van der Waals surface area (Å²) < 4.78 is 0. The number of hydrogen-bond acceptors (Lipinski definition) is 3. The predicted octanol–water partition coefficient (Wildman–Crippen LogP) is 4.12. The fraction of sp³-hybridized carbons (Fsp3) is 0.381. The number of hydrogen-bond donors (Lipinski definition) is 0. The van der Waals surface area contributed by atoms with Crippen molar-refractivity contribution < 1.29 is 9.59 Å². The van der Waals surface area contributed by atoms with Gasteiger partial charge in [0.2, 0.25) is 5.91 Å². The standard InChI is InChI=1S/C21H22N2O2/c24-19-13-12-18(16-9-3-4-10-17(16)19)21(25)23(15-7-1-2-8-15)20-11-5-6-14-22-20/h3-6,9-11,14-15,18H,1-2,7-8,12-13H2. The molecule has 1 amide bonds. The van der Waals surface area contributed by atoms with Crippen LogP contribution in [0.5, 0.6) is 0 Å². The first kappa shape index (κ1) is 16.0. The average Bonchev–Trinajstić information content (AvgIpc) is 3.17. The number of aromatic nitrogens is 1. The molecule has 4 heteroatoms. The van der Waals surface area contributed by atoms with Crippen LogP contribution in [0.15, 0.2) is 48.7 Å². The van der Waals surface area contributed by atoms with Crippen LogP contribution in [0.3, 0.4) is 0 Å². The lowest BCUT2D eigenvalue weighted by Crippen LogP contribution is -2.43. The van der Waals surface area contributed by atoms with Crippen molar-refractivity contribution in [2.24, 2.45) is 0 Å². The van der Waals surface area contributed by atoms with Gasteiger partial charge in [0, 0.05) is 24.2 Å². The predicted molar refractivity (Wildman–Crippen MR) is 96.7 cm³/mol. The van der Waals surface area contributed by atoms with E-state index >= 15 is 0 Å². The third-order valence-corrected chi connectivity index (χ3v) is 5.42. The second-order valence-electron chi connectivity index (χ2n) is 6.94. The Bertz CT molecular complexity index is 781. The molecule has 1 heterocycles. The number of ketones is 1. The number of carbonyl (C=O) groups excluding carboxylic acids is 2. The van der Waals surface area contributed by atoms with Gasteiger partial charge >= 0.3 is 0 Å². The summed E-state index contributed by atoms with van der Waals surface area (Å²) >= 11 is 0. The molecule has 1 atom stereocenters. The van der Waals surface area contributed by atoms with Gasteiger partial charge in [-0.05, 0) is 37.0 Å². The fourth-order valence-corrected chi connectivity index (χ4v) is 4.18. The zero-order valence-corrected chi connectivity index (χ0v) is 14.2. The summed E-state index contributed by atoms with van der Waals surface area (Å²) in [6, 6.07) is 13.5. The minimum absolute atomic E-state index is 0.0885. The van der Waals surface area contributed by atoms with E-state index in [1.807, 2.05) is 47.4 Å². The van der Waals surface area contributed by atoms with Gasteiger partial charge in [0.1, 0.15) is 5.82 Å². The van der Waals surface area contributed by atoms with E-state index in [-0.39, 0.29) is 23.7 Å². The van der Waals surface area contributed by atoms with Crippen LogP contribution in [-0.2, 0) is 4.79 Å². The summed E-state index contributed by atoms with van der Waals surface area (Å²) in [4.78, 5) is 32.1. The van der Waals surface area contributed by atoms with Crippen molar-refractivity contribution in [1.29, 1.82) is 0 Å². The quantitative estimate of drug-likeness (QED) is 0.848. The minimum Gasteiger partial charge on any atom is -0.294 e. The second kappa shape index (κ2) is 6.79. The molecule has 1 unspecified atom stereocenters. The molecule has 1 saturated carbocycles. The van der Waals surface area contributed by atoms with Gasteiger partial charge in [-0.1, -0.05) is 43.2 Å². The number of Topliss-reactive ketones (excluding diaryl/α,β-unsaturated/α-hetero) is 1. The molecule has 0 radical (unpaired) electrons. The van der Waals surface area contributed by atoms with Crippen molar-refractivity contribution >= 4 is 17.5 Å². The number of carbonyl (C=O) groups is 2. The highest BCUT2D eigenvalue weighted by molar-refractivity contribution is 6.05. The summed E-state index contributed by atoms with van der Waals surface area (Å²) in [5.41, 5.74) is 1.59. The van der Waals surface area contributed by atoms with Gasteiger partial charge in [-0.3, -0.25) is 14.5 Å². The van der Waals surface area contributed by atoms with Crippen LogP contribution in [0.4, 0.5) is 5.82 Å². The number of rotatable bonds is 3. The number of pyridine rings is 1. The number of benzene rings is 1. The maximum atomic E-state index is 13.5. The molecule has 0 aliphatic heterocycles. The minimum atomic E-state index is -0.253. The van der Waals surface area contributed by atoms with E-state index < -0.39 is 0 Å². The average molecular weight is 334 g/mol. The summed E-state index contributed by atoms with van der Waals surface area (Å²) in [5.74, 6) is 0.709. The monoisotopic (exact) mass is 334 g/mol. The van der Waals surface area contributed by atoms with Crippen molar-refractivity contribution in [2.45, 2.75) is 50.5 Å². The SMILES string of the molecule is O=C1CCC(C(=O)N(c2ccccn2)C2CCCC2)c2ccccc21. The largest absolute Gasteiger partial charge is 0.294 e. The van der Waals surface area contributed by atoms with Crippen LogP contribution >= 0.6 is 0 Å². The maximum Gasteiger partial charge on any atom is 0.235 e. The van der Waals surface area contributed by atoms with Crippen molar-refractivity contribution in [1.82, 2.24) is 4.98 Å². The van der Waals surface area contributed by atoms with E-state index in [9.17, 15) is 9.59 Å². The normalized spacial score (nSPS) is 20.3.